The maximum Gasteiger partial charge on any atom is 0.261 e. The Morgan fingerprint density at radius 2 is 2.08 bits per heavy atom. The lowest BCUT2D eigenvalue weighted by molar-refractivity contribution is -0.0377. The van der Waals surface area contributed by atoms with E-state index in [2.05, 4.69) is 36.2 Å². The molecule has 1 aromatic heterocycles. The smallest absolute Gasteiger partial charge is 0.261 e. The van der Waals surface area contributed by atoms with Crippen LogP contribution in [-0.4, -0.2) is 42.6 Å². The quantitative estimate of drug-likeness (QED) is 0.849. The molecule has 26 heavy (non-hydrogen) atoms. The molecule has 1 aromatic carbocycles. The highest BCUT2D eigenvalue weighted by Crippen LogP contribution is 2.39. The summed E-state index contributed by atoms with van der Waals surface area (Å²) < 4.78 is 6.44. The van der Waals surface area contributed by atoms with E-state index in [0.29, 0.717) is 12.5 Å². The lowest BCUT2D eigenvalue weighted by Gasteiger charge is -2.56. The summed E-state index contributed by atoms with van der Waals surface area (Å²) in [5.74, 6) is 0.666. The Hall–Kier alpha value is -1.14. The number of carbonyl (C=O) groups is 1. The first kappa shape index (κ1) is 19.6. The van der Waals surface area contributed by atoms with Gasteiger partial charge in [-0.25, -0.2) is 0 Å². The summed E-state index contributed by atoms with van der Waals surface area (Å²) in [5.41, 5.74) is 1.18. The van der Waals surface area contributed by atoms with Crippen LogP contribution in [0.25, 0.3) is 10.1 Å². The molecular weight excluding hydrogens is 368 g/mol. The van der Waals surface area contributed by atoms with Crippen LogP contribution in [0.1, 0.15) is 41.9 Å². The number of nitrogens with one attached hydrogen (secondary N) is 1. The standard InChI is InChI=1S/C20H26N2O2S.ClH/c1-20(2)18(13-7-9-22(20)10-8-13)21-19(23)16-11-14-5-4-6-15(12-24-3)17(14)25-16;/h4-6,11,13,18H,7-10,12H2,1-3H3,(H,21,23);1H. The average molecular weight is 395 g/mol. The molecule has 3 aliphatic rings. The van der Waals surface area contributed by atoms with Crippen molar-refractivity contribution < 1.29 is 9.53 Å². The Kier molecular flexibility index (Phi) is 5.63. The van der Waals surface area contributed by atoms with Crippen molar-refractivity contribution in [3.63, 3.8) is 0 Å². The van der Waals surface area contributed by atoms with Gasteiger partial charge in [0.2, 0.25) is 0 Å². The van der Waals surface area contributed by atoms with Gasteiger partial charge in [-0.3, -0.25) is 9.69 Å². The van der Waals surface area contributed by atoms with Crippen LogP contribution in [-0.2, 0) is 11.3 Å². The van der Waals surface area contributed by atoms with E-state index in [0.717, 1.165) is 33.6 Å². The summed E-state index contributed by atoms with van der Waals surface area (Å²) in [4.78, 5) is 16.3. The highest BCUT2D eigenvalue weighted by Gasteiger charge is 2.48. The third kappa shape index (κ3) is 3.26. The van der Waals surface area contributed by atoms with Gasteiger partial charge >= 0.3 is 0 Å². The van der Waals surface area contributed by atoms with Crippen LogP contribution in [0.4, 0.5) is 0 Å². The van der Waals surface area contributed by atoms with Crippen LogP contribution in [0.3, 0.4) is 0 Å². The number of rotatable bonds is 4. The summed E-state index contributed by atoms with van der Waals surface area (Å²) in [6.45, 7) is 7.43. The van der Waals surface area contributed by atoms with Crippen molar-refractivity contribution in [3.8, 4) is 0 Å². The first-order chi connectivity index (χ1) is 12.0. The molecule has 142 valence electrons. The number of hydrogen-bond acceptors (Lipinski definition) is 4. The number of carbonyl (C=O) groups excluding carboxylic acids is 1. The van der Waals surface area contributed by atoms with Gasteiger partial charge in [0.25, 0.3) is 5.91 Å². The van der Waals surface area contributed by atoms with Crippen molar-refractivity contribution in [2.75, 3.05) is 20.2 Å². The van der Waals surface area contributed by atoms with E-state index in [9.17, 15) is 4.79 Å². The molecule has 0 aliphatic carbocycles. The maximum atomic E-state index is 13.0. The number of thiophene rings is 1. The van der Waals surface area contributed by atoms with Crippen LogP contribution in [0.2, 0.25) is 0 Å². The zero-order chi connectivity index (χ0) is 17.6. The fraction of sp³-hybridized carbons (Fsp3) is 0.550. The van der Waals surface area contributed by atoms with E-state index < -0.39 is 0 Å². The van der Waals surface area contributed by atoms with Gasteiger partial charge in [0.15, 0.2) is 0 Å². The Balaban J connectivity index is 0.00000196. The Morgan fingerprint density at radius 1 is 1.35 bits per heavy atom. The fourth-order valence-corrected chi connectivity index (χ4v) is 5.65. The molecule has 0 radical (unpaired) electrons. The molecule has 0 saturated carbocycles. The normalized spacial score (nSPS) is 26.5. The molecule has 3 saturated heterocycles. The third-order valence-corrected chi connectivity index (χ3v) is 7.25. The molecule has 4 nitrogen and oxygen atoms in total. The second kappa shape index (κ2) is 7.47. The summed E-state index contributed by atoms with van der Waals surface area (Å²) in [7, 11) is 1.70. The van der Waals surface area contributed by atoms with E-state index in [1.807, 2.05) is 12.1 Å². The van der Waals surface area contributed by atoms with Crippen LogP contribution in [0.5, 0.6) is 0 Å². The summed E-state index contributed by atoms with van der Waals surface area (Å²) in [6, 6.07) is 8.41. The number of ether oxygens (including phenoxy) is 1. The number of piperidine rings is 3. The second-order valence-electron chi connectivity index (χ2n) is 7.81. The molecule has 3 aliphatic heterocycles. The number of hydrogen-bond donors (Lipinski definition) is 1. The molecular formula is C20H27ClN2O2S. The van der Waals surface area contributed by atoms with Gasteiger partial charge < -0.3 is 10.1 Å². The number of amides is 1. The average Bonchev–Trinajstić information content (AvgIpc) is 3.04. The second-order valence-corrected chi connectivity index (χ2v) is 8.86. The zero-order valence-corrected chi connectivity index (χ0v) is 17.2. The van der Waals surface area contributed by atoms with Crippen molar-refractivity contribution in [2.24, 2.45) is 5.92 Å². The predicted octanol–water partition coefficient (Wildman–Crippen LogP) is 4.07. The van der Waals surface area contributed by atoms with E-state index in [1.54, 1.807) is 18.4 Å². The minimum absolute atomic E-state index is 0. The third-order valence-electron chi connectivity index (χ3n) is 6.02. The summed E-state index contributed by atoms with van der Waals surface area (Å²) >= 11 is 1.58. The topological polar surface area (TPSA) is 41.6 Å². The molecule has 0 spiro atoms. The Bertz CT molecular complexity index is 796. The molecule has 1 atom stereocenters. The minimum Gasteiger partial charge on any atom is -0.380 e. The van der Waals surface area contributed by atoms with Gasteiger partial charge in [-0.15, -0.1) is 23.7 Å². The zero-order valence-electron chi connectivity index (χ0n) is 15.6. The van der Waals surface area contributed by atoms with Crippen molar-refractivity contribution in [2.45, 2.75) is 44.9 Å². The van der Waals surface area contributed by atoms with Crippen molar-refractivity contribution in [1.82, 2.24) is 10.2 Å². The molecule has 2 aromatic rings. The van der Waals surface area contributed by atoms with E-state index in [4.69, 9.17) is 4.74 Å². The lowest BCUT2D eigenvalue weighted by atomic mass is 9.72. The van der Waals surface area contributed by atoms with Crippen molar-refractivity contribution >= 4 is 39.7 Å². The predicted molar refractivity (Wildman–Crippen MR) is 109 cm³/mol. The monoisotopic (exact) mass is 394 g/mol. The SMILES string of the molecule is COCc1cccc2cc(C(=O)NC3C4CCN(CC4)C3(C)C)sc12.Cl. The van der Waals surface area contributed by atoms with Gasteiger partial charge in [-0.2, -0.15) is 0 Å². The van der Waals surface area contributed by atoms with Crippen molar-refractivity contribution in [1.29, 1.82) is 0 Å². The first-order valence-corrected chi connectivity index (χ1v) is 9.88. The molecule has 5 rings (SSSR count). The van der Waals surface area contributed by atoms with Crippen LogP contribution in [0.15, 0.2) is 24.3 Å². The number of halogens is 1. The number of fused-ring (bicyclic) bond motifs is 4. The van der Waals surface area contributed by atoms with Gasteiger partial charge in [0.05, 0.1) is 11.5 Å². The number of benzene rings is 1. The summed E-state index contributed by atoms with van der Waals surface area (Å²) in [6.07, 6.45) is 2.39. The van der Waals surface area contributed by atoms with E-state index in [-0.39, 0.29) is 29.9 Å². The van der Waals surface area contributed by atoms with E-state index >= 15 is 0 Å². The van der Waals surface area contributed by atoms with Gasteiger partial charge in [-0.1, -0.05) is 18.2 Å². The lowest BCUT2D eigenvalue weighted by Crippen LogP contribution is -2.69. The molecule has 1 N–H and O–H groups in total. The van der Waals surface area contributed by atoms with Gasteiger partial charge in [0.1, 0.15) is 0 Å². The maximum absolute atomic E-state index is 13.0. The molecule has 1 amide bonds. The fourth-order valence-electron chi connectivity index (χ4n) is 4.59. The number of nitrogens with zero attached hydrogens (tertiary/aromatic N) is 1. The minimum atomic E-state index is 0. The first-order valence-electron chi connectivity index (χ1n) is 9.07. The van der Waals surface area contributed by atoms with Gasteiger partial charge in [-0.05, 0) is 62.7 Å². The van der Waals surface area contributed by atoms with Crippen molar-refractivity contribution in [3.05, 3.63) is 34.7 Å². The molecule has 3 fully saturated rings. The molecule has 2 bridgehead atoms. The summed E-state index contributed by atoms with van der Waals surface area (Å²) in [5, 5.41) is 4.49. The highest BCUT2D eigenvalue weighted by molar-refractivity contribution is 7.21. The highest BCUT2D eigenvalue weighted by atomic mass is 35.5. The molecule has 6 heteroatoms. The largest absolute Gasteiger partial charge is 0.380 e. The van der Waals surface area contributed by atoms with Crippen LogP contribution >= 0.6 is 23.7 Å². The van der Waals surface area contributed by atoms with Crippen LogP contribution in [0, 0.1) is 5.92 Å². The van der Waals surface area contributed by atoms with Gasteiger partial charge in [0, 0.05) is 23.4 Å². The van der Waals surface area contributed by atoms with Crippen LogP contribution < -0.4 is 5.32 Å². The Labute approximate surface area is 165 Å². The molecule has 4 heterocycles. The Morgan fingerprint density at radius 3 is 2.73 bits per heavy atom. The van der Waals surface area contributed by atoms with E-state index in [1.165, 1.54) is 12.8 Å². The molecule has 1 unspecified atom stereocenters. The number of methoxy groups -OCH3 is 1.